The lowest BCUT2D eigenvalue weighted by atomic mass is 10.1. The van der Waals surface area contributed by atoms with Gasteiger partial charge in [0, 0.05) is 19.1 Å². The van der Waals surface area contributed by atoms with Crippen LogP contribution in [0.4, 0.5) is 4.39 Å². The van der Waals surface area contributed by atoms with Crippen molar-refractivity contribution in [2.45, 2.75) is 31.7 Å². The Hall–Kier alpha value is -0.930. The average molecular weight is 262 g/mol. The smallest absolute Gasteiger partial charge is 0.123 e. The quantitative estimate of drug-likeness (QED) is 0.847. The van der Waals surface area contributed by atoms with E-state index in [1.165, 1.54) is 45.0 Å². The Kier molecular flexibility index (Phi) is 4.14. The lowest BCUT2D eigenvalue weighted by molar-refractivity contribution is 0.325. The molecule has 1 heterocycles. The molecule has 0 radical (unpaired) electrons. The molecular formula is C16H23FN2. The Morgan fingerprint density at radius 3 is 2.95 bits per heavy atom. The molecule has 1 aromatic rings. The molecular weight excluding hydrogens is 239 g/mol. The molecule has 3 rings (SSSR count). The Morgan fingerprint density at radius 2 is 2.16 bits per heavy atom. The fourth-order valence-electron chi connectivity index (χ4n) is 2.88. The maximum atomic E-state index is 13.1. The van der Waals surface area contributed by atoms with E-state index in [1.54, 1.807) is 12.1 Å². The molecule has 104 valence electrons. The van der Waals surface area contributed by atoms with Gasteiger partial charge in [-0.1, -0.05) is 12.1 Å². The van der Waals surface area contributed by atoms with Crippen molar-refractivity contribution in [2.75, 3.05) is 26.2 Å². The summed E-state index contributed by atoms with van der Waals surface area (Å²) in [5.41, 5.74) is 1.11. The van der Waals surface area contributed by atoms with E-state index in [2.05, 4.69) is 10.2 Å². The summed E-state index contributed by atoms with van der Waals surface area (Å²) in [5.74, 6) is 0.693. The number of halogens is 1. The SMILES string of the molecule is Fc1cccc(CCN2CCC(CNC3CC3)C2)c1. The summed E-state index contributed by atoms with van der Waals surface area (Å²) >= 11 is 0. The Bertz CT molecular complexity index is 417. The van der Waals surface area contributed by atoms with E-state index in [4.69, 9.17) is 0 Å². The van der Waals surface area contributed by atoms with E-state index < -0.39 is 0 Å². The molecule has 3 heteroatoms. The van der Waals surface area contributed by atoms with Crippen molar-refractivity contribution >= 4 is 0 Å². The summed E-state index contributed by atoms with van der Waals surface area (Å²) in [5, 5.41) is 3.62. The van der Waals surface area contributed by atoms with Crippen molar-refractivity contribution in [1.29, 1.82) is 0 Å². The Balaban J connectivity index is 1.38. The number of benzene rings is 1. The second-order valence-corrected chi connectivity index (χ2v) is 6.02. The molecule has 1 saturated heterocycles. The highest BCUT2D eigenvalue weighted by atomic mass is 19.1. The predicted molar refractivity (Wildman–Crippen MR) is 75.7 cm³/mol. The van der Waals surface area contributed by atoms with E-state index in [9.17, 15) is 4.39 Å². The van der Waals surface area contributed by atoms with Crippen LogP contribution in [0, 0.1) is 11.7 Å². The van der Waals surface area contributed by atoms with Gasteiger partial charge in [-0.15, -0.1) is 0 Å². The van der Waals surface area contributed by atoms with Crippen molar-refractivity contribution in [3.63, 3.8) is 0 Å². The van der Waals surface area contributed by atoms with Gasteiger partial charge >= 0.3 is 0 Å². The first-order valence-corrected chi connectivity index (χ1v) is 7.50. The van der Waals surface area contributed by atoms with Gasteiger partial charge < -0.3 is 10.2 Å². The highest BCUT2D eigenvalue weighted by molar-refractivity contribution is 5.16. The van der Waals surface area contributed by atoms with Gasteiger partial charge in [0.25, 0.3) is 0 Å². The van der Waals surface area contributed by atoms with E-state index in [-0.39, 0.29) is 5.82 Å². The third-order valence-electron chi connectivity index (χ3n) is 4.25. The molecule has 19 heavy (non-hydrogen) atoms. The lowest BCUT2D eigenvalue weighted by Crippen LogP contribution is -2.28. The molecule has 0 aromatic heterocycles. The summed E-state index contributed by atoms with van der Waals surface area (Å²) in [4.78, 5) is 2.52. The molecule has 2 fully saturated rings. The van der Waals surface area contributed by atoms with Crippen LogP contribution in [-0.4, -0.2) is 37.1 Å². The highest BCUT2D eigenvalue weighted by Gasteiger charge is 2.25. The third kappa shape index (κ3) is 4.02. The van der Waals surface area contributed by atoms with Gasteiger partial charge in [-0.05, 0) is 62.4 Å². The van der Waals surface area contributed by atoms with Crippen LogP contribution in [0.2, 0.25) is 0 Å². The topological polar surface area (TPSA) is 15.3 Å². The number of hydrogen-bond donors (Lipinski definition) is 1. The van der Waals surface area contributed by atoms with Crippen LogP contribution in [0.3, 0.4) is 0 Å². The predicted octanol–water partition coefficient (Wildman–Crippen LogP) is 2.44. The van der Waals surface area contributed by atoms with Crippen molar-refractivity contribution in [1.82, 2.24) is 10.2 Å². The first kappa shape index (κ1) is 13.1. The van der Waals surface area contributed by atoms with Gasteiger partial charge in [0.1, 0.15) is 5.82 Å². The standard InChI is InChI=1S/C16H23FN2/c17-15-3-1-2-13(10-15)6-8-19-9-7-14(12-19)11-18-16-4-5-16/h1-3,10,14,16,18H,4-9,11-12H2. The molecule has 2 nitrogen and oxygen atoms in total. The van der Waals surface area contributed by atoms with Crippen LogP contribution in [0.1, 0.15) is 24.8 Å². The summed E-state index contributed by atoms with van der Waals surface area (Å²) in [7, 11) is 0. The fourth-order valence-corrected chi connectivity index (χ4v) is 2.88. The van der Waals surface area contributed by atoms with Crippen LogP contribution < -0.4 is 5.32 Å². The van der Waals surface area contributed by atoms with Crippen LogP contribution in [0.25, 0.3) is 0 Å². The maximum absolute atomic E-state index is 13.1. The van der Waals surface area contributed by atoms with Crippen molar-refractivity contribution in [2.24, 2.45) is 5.92 Å². The van der Waals surface area contributed by atoms with Gasteiger partial charge in [-0.3, -0.25) is 0 Å². The van der Waals surface area contributed by atoms with Crippen molar-refractivity contribution in [3.05, 3.63) is 35.6 Å². The van der Waals surface area contributed by atoms with Gasteiger partial charge in [-0.2, -0.15) is 0 Å². The molecule has 0 spiro atoms. The van der Waals surface area contributed by atoms with E-state index in [0.29, 0.717) is 0 Å². The molecule has 1 saturated carbocycles. The largest absolute Gasteiger partial charge is 0.314 e. The summed E-state index contributed by atoms with van der Waals surface area (Å²) in [6, 6.07) is 7.81. The van der Waals surface area contributed by atoms with Gasteiger partial charge in [-0.25, -0.2) is 4.39 Å². The zero-order valence-corrected chi connectivity index (χ0v) is 11.4. The fraction of sp³-hybridized carbons (Fsp3) is 0.625. The summed E-state index contributed by atoms with van der Waals surface area (Å²) in [6.45, 7) is 4.64. The Labute approximate surface area is 115 Å². The van der Waals surface area contributed by atoms with Gasteiger partial charge in [0.15, 0.2) is 0 Å². The normalized spacial score (nSPS) is 23.9. The monoisotopic (exact) mass is 262 g/mol. The van der Waals surface area contributed by atoms with Crippen LogP contribution in [0.15, 0.2) is 24.3 Å². The number of likely N-dealkylation sites (tertiary alicyclic amines) is 1. The number of rotatable bonds is 6. The second-order valence-electron chi connectivity index (χ2n) is 6.02. The lowest BCUT2D eigenvalue weighted by Gasteiger charge is -2.16. The van der Waals surface area contributed by atoms with Crippen LogP contribution >= 0.6 is 0 Å². The first-order chi connectivity index (χ1) is 9.29. The highest BCUT2D eigenvalue weighted by Crippen LogP contribution is 2.21. The molecule has 1 N–H and O–H groups in total. The van der Waals surface area contributed by atoms with Crippen LogP contribution in [0.5, 0.6) is 0 Å². The van der Waals surface area contributed by atoms with Gasteiger partial charge in [0.2, 0.25) is 0 Å². The van der Waals surface area contributed by atoms with Gasteiger partial charge in [0.05, 0.1) is 0 Å². The molecule has 0 amide bonds. The molecule has 1 aliphatic carbocycles. The maximum Gasteiger partial charge on any atom is 0.123 e. The minimum Gasteiger partial charge on any atom is -0.314 e. The number of hydrogen-bond acceptors (Lipinski definition) is 2. The number of nitrogens with one attached hydrogen (secondary N) is 1. The van der Waals surface area contributed by atoms with E-state index in [1.807, 2.05) is 6.07 Å². The van der Waals surface area contributed by atoms with Crippen molar-refractivity contribution in [3.8, 4) is 0 Å². The summed E-state index contributed by atoms with van der Waals surface area (Å²) < 4.78 is 13.1. The molecule has 1 atom stereocenters. The molecule has 2 aliphatic rings. The molecule has 0 bridgehead atoms. The van der Waals surface area contributed by atoms with E-state index in [0.717, 1.165) is 30.5 Å². The van der Waals surface area contributed by atoms with E-state index >= 15 is 0 Å². The second kappa shape index (κ2) is 6.02. The van der Waals surface area contributed by atoms with Crippen molar-refractivity contribution < 1.29 is 4.39 Å². The first-order valence-electron chi connectivity index (χ1n) is 7.50. The zero-order valence-electron chi connectivity index (χ0n) is 11.4. The minimum atomic E-state index is -0.120. The zero-order chi connectivity index (χ0) is 13.1. The average Bonchev–Trinajstić information content (AvgIpc) is 3.13. The minimum absolute atomic E-state index is 0.120. The molecule has 1 unspecified atom stereocenters. The third-order valence-corrected chi connectivity index (χ3v) is 4.25. The summed E-state index contributed by atoms with van der Waals surface area (Å²) in [6.07, 6.45) is 5.01. The van der Waals surface area contributed by atoms with Crippen LogP contribution in [-0.2, 0) is 6.42 Å². The molecule has 1 aromatic carbocycles. The Morgan fingerprint density at radius 1 is 1.26 bits per heavy atom. The number of nitrogens with zero attached hydrogens (tertiary/aromatic N) is 1. The molecule has 1 aliphatic heterocycles.